The van der Waals surface area contributed by atoms with Crippen LogP contribution in [0.5, 0.6) is 0 Å². The number of phosphoric ester groups is 1. The number of phosphoric acid groups is 1. The van der Waals surface area contributed by atoms with E-state index in [2.05, 4.69) is 54.8 Å². The van der Waals surface area contributed by atoms with Gasteiger partial charge in [0.2, 0.25) is 0 Å². The Hall–Kier alpha value is -2.11. The minimum atomic E-state index is -4.64. The van der Waals surface area contributed by atoms with Crippen LogP contribution in [0.3, 0.4) is 0 Å². The quantitative estimate of drug-likeness (QED) is 0.0208. The van der Waals surface area contributed by atoms with Gasteiger partial charge in [0, 0.05) is 12.8 Å². The molecular weight excluding hydrogens is 699 g/mol. The zero-order valence-electron chi connectivity index (χ0n) is 33.0. The van der Waals surface area contributed by atoms with Gasteiger partial charge in [0.1, 0.15) is 12.7 Å². The Morgan fingerprint density at radius 1 is 0.623 bits per heavy atom. The number of carbonyl (C=O) groups excluding carboxylic acids is 2. The van der Waals surface area contributed by atoms with E-state index in [4.69, 9.17) is 19.1 Å². The molecule has 0 aromatic heterocycles. The third-order valence-electron chi connectivity index (χ3n) is 8.69. The zero-order chi connectivity index (χ0) is 39.4. The third-order valence-corrected chi connectivity index (χ3v) is 9.64. The number of aliphatic hydroxyl groups excluding tert-OH is 3. The summed E-state index contributed by atoms with van der Waals surface area (Å²) in [5, 5.41) is 27.8. The van der Waals surface area contributed by atoms with E-state index in [1.807, 2.05) is 19.1 Å². The molecule has 0 aliphatic carbocycles. The Labute approximate surface area is 320 Å². The first-order valence-corrected chi connectivity index (χ1v) is 21.6. The number of ether oxygens (including phenoxy) is 2. The molecule has 0 aliphatic heterocycles. The second-order valence-corrected chi connectivity index (χ2v) is 15.1. The van der Waals surface area contributed by atoms with Crippen LogP contribution >= 0.6 is 7.82 Å². The largest absolute Gasteiger partial charge is 0.472 e. The normalized spacial score (nSPS) is 15.7. The van der Waals surface area contributed by atoms with E-state index >= 15 is 0 Å². The molecule has 0 heterocycles. The Bertz CT molecular complexity index is 1060. The highest BCUT2D eigenvalue weighted by atomic mass is 31.2. The van der Waals surface area contributed by atoms with Crippen molar-refractivity contribution in [3.8, 4) is 0 Å². The lowest BCUT2D eigenvalue weighted by Gasteiger charge is -2.20. The van der Waals surface area contributed by atoms with Crippen LogP contribution in [-0.4, -0.2) is 76.9 Å². The zero-order valence-corrected chi connectivity index (χ0v) is 33.9. The minimum absolute atomic E-state index is 0.0941. The Morgan fingerprint density at radius 2 is 1.15 bits per heavy atom. The molecule has 11 nitrogen and oxygen atoms in total. The molecule has 53 heavy (non-hydrogen) atoms. The average molecular weight is 773 g/mol. The van der Waals surface area contributed by atoms with Gasteiger partial charge in [-0.1, -0.05) is 127 Å². The van der Waals surface area contributed by atoms with Gasteiger partial charge in [-0.3, -0.25) is 18.6 Å². The molecule has 4 N–H and O–H groups in total. The number of carbonyl (C=O) groups is 2. The minimum Gasteiger partial charge on any atom is -0.462 e. The summed E-state index contributed by atoms with van der Waals surface area (Å²) >= 11 is 0. The fourth-order valence-electron chi connectivity index (χ4n) is 5.00. The highest BCUT2D eigenvalue weighted by molar-refractivity contribution is 7.47. The molecule has 0 aromatic carbocycles. The number of aliphatic hydroxyl groups is 3. The first-order valence-electron chi connectivity index (χ1n) is 20.1. The second-order valence-electron chi connectivity index (χ2n) is 13.7. The van der Waals surface area contributed by atoms with Gasteiger partial charge in [0.05, 0.1) is 25.9 Å². The van der Waals surface area contributed by atoms with Gasteiger partial charge in [0.15, 0.2) is 6.10 Å². The number of esters is 2. The van der Waals surface area contributed by atoms with Crippen molar-refractivity contribution in [3.63, 3.8) is 0 Å². The van der Waals surface area contributed by atoms with E-state index in [-0.39, 0.29) is 25.6 Å². The van der Waals surface area contributed by atoms with Crippen molar-refractivity contribution in [2.75, 3.05) is 26.4 Å². The van der Waals surface area contributed by atoms with Crippen molar-refractivity contribution in [3.05, 3.63) is 48.6 Å². The van der Waals surface area contributed by atoms with Crippen LogP contribution in [0.1, 0.15) is 149 Å². The third kappa shape index (κ3) is 35.4. The predicted molar refractivity (Wildman–Crippen MR) is 211 cm³/mol. The number of unbranched alkanes of at least 4 members (excludes halogenated alkanes) is 8. The summed E-state index contributed by atoms with van der Waals surface area (Å²) in [7, 11) is -4.64. The van der Waals surface area contributed by atoms with Crippen molar-refractivity contribution in [2.24, 2.45) is 5.92 Å². The molecule has 0 saturated carbocycles. The van der Waals surface area contributed by atoms with Crippen molar-refractivity contribution < 1.29 is 52.9 Å². The molecule has 0 saturated heterocycles. The van der Waals surface area contributed by atoms with Crippen LogP contribution in [0.2, 0.25) is 0 Å². The SMILES string of the molecule is CCC(C)CCCCCCCCCCC(=O)OC[C@H](COP(=O)(O)OC[C@@H](O)CO)OC(=O)CCC/C=C\C/C=C\C/C=C\C/C=C\CC[C@H](O)CC. The lowest BCUT2D eigenvalue weighted by atomic mass is 9.99. The molecule has 0 spiro atoms. The van der Waals surface area contributed by atoms with Crippen LogP contribution < -0.4 is 0 Å². The maximum atomic E-state index is 12.6. The van der Waals surface area contributed by atoms with Crippen LogP contribution in [0.4, 0.5) is 0 Å². The highest BCUT2D eigenvalue weighted by Crippen LogP contribution is 2.43. The van der Waals surface area contributed by atoms with Crippen molar-refractivity contribution in [2.45, 2.75) is 167 Å². The standard InChI is InChI=1S/C41H73O11P/c1-4-36(3)28-24-20-16-14-15-18-22-26-30-40(45)49-34-39(35-51-53(47,48)50-33-38(44)32-42)52-41(46)31-27-23-19-13-11-9-7-6-8-10-12-17-21-25-29-37(43)5-2/h7-10,13,17,19,21,36-39,42-44H,4-6,11-12,14-16,18,20,22-35H2,1-3H3,(H,47,48)/b9-7-,10-8-,19-13-,21-17-/t36?,37-,38+,39-/m1/s1. The highest BCUT2D eigenvalue weighted by Gasteiger charge is 2.27. The number of rotatable bonds is 36. The van der Waals surface area contributed by atoms with Crippen LogP contribution in [0.15, 0.2) is 48.6 Å². The van der Waals surface area contributed by atoms with E-state index in [9.17, 15) is 29.3 Å². The molecule has 12 heteroatoms. The van der Waals surface area contributed by atoms with Crippen molar-refractivity contribution >= 4 is 19.8 Å². The summed E-state index contributed by atoms with van der Waals surface area (Å²) in [5.41, 5.74) is 0. The molecule has 0 aliphatic rings. The topological polar surface area (TPSA) is 169 Å². The molecule has 5 atom stereocenters. The van der Waals surface area contributed by atoms with Crippen LogP contribution in [-0.2, 0) is 32.7 Å². The smallest absolute Gasteiger partial charge is 0.462 e. The maximum Gasteiger partial charge on any atom is 0.472 e. The van der Waals surface area contributed by atoms with Gasteiger partial charge >= 0.3 is 19.8 Å². The molecule has 2 unspecified atom stereocenters. The molecule has 308 valence electrons. The predicted octanol–water partition coefficient (Wildman–Crippen LogP) is 8.99. The summed E-state index contributed by atoms with van der Waals surface area (Å²) in [6.07, 6.45) is 31.8. The summed E-state index contributed by atoms with van der Waals surface area (Å²) in [4.78, 5) is 34.8. The van der Waals surface area contributed by atoms with E-state index in [0.717, 1.165) is 63.7 Å². The van der Waals surface area contributed by atoms with E-state index in [1.165, 1.54) is 38.5 Å². The number of hydrogen-bond acceptors (Lipinski definition) is 10. The molecule has 0 rings (SSSR count). The summed E-state index contributed by atoms with van der Waals surface area (Å²) in [6.45, 7) is 4.31. The summed E-state index contributed by atoms with van der Waals surface area (Å²) < 4.78 is 32.5. The summed E-state index contributed by atoms with van der Waals surface area (Å²) in [5.74, 6) is -0.208. The number of allylic oxidation sites excluding steroid dienone is 8. The fraction of sp³-hybridized carbons (Fsp3) is 0.756. The second kappa shape index (κ2) is 35.6. The van der Waals surface area contributed by atoms with E-state index in [0.29, 0.717) is 19.3 Å². The van der Waals surface area contributed by atoms with Gasteiger partial charge in [-0.2, -0.15) is 0 Å². The first-order chi connectivity index (χ1) is 25.5. The Balaban J connectivity index is 4.48. The molecule has 0 radical (unpaired) electrons. The molecular formula is C41H73O11P. The molecule has 0 amide bonds. The van der Waals surface area contributed by atoms with Gasteiger partial charge in [-0.15, -0.1) is 0 Å². The summed E-state index contributed by atoms with van der Waals surface area (Å²) in [6, 6.07) is 0. The van der Waals surface area contributed by atoms with Crippen molar-refractivity contribution in [1.82, 2.24) is 0 Å². The Morgan fingerprint density at radius 3 is 1.74 bits per heavy atom. The monoisotopic (exact) mass is 772 g/mol. The van der Waals surface area contributed by atoms with Crippen molar-refractivity contribution in [1.29, 1.82) is 0 Å². The lowest BCUT2D eigenvalue weighted by Crippen LogP contribution is -2.29. The first kappa shape index (κ1) is 50.9. The van der Waals surface area contributed by atoms with Crippen LogP contribution in [0, 0.1) is 5.92 Å². The lowest BCUT2D eigenvalue weighted by molar-refractivity contribution is -0.161. The Kier molecular flexibility index (Phi) is 34.2. The average Bonchev–Trinajstić information content (AvgIpc) is 3.15. The van der Waals surface area contributed by atoms with Gasteiger partial charge in [-0.05, 0) is 63.7 Å². The molecule has 0 bridgehead atoms. The molecule has 0 aromatic rings. The van der Waals surface area contributed by atoms with Gasteiger partial charge < -0.3 is 29.7 Å². The number of hydrogen-bond donors (Lipinski definition) is 4. The van der Waals surface area contributed by atoms with E-state index < -0.39 is 51.8 Å². The van der Waals surface area contributed by atoms with Gasteiger partial charge in [-0.25, -0.2) is 4.57 Å². The maximum absolute atomic E-state index is 12.6. The van der Waals surface area contributed by atoms with Gasteiger partial charge in [0.25, 0.3) is 0 Å². The molecule has 0 fully saturated rings. The fourth-order valence-corrected chi connectivity index (χ4v) is 5.79. The van der Waals surface area contributed by atoms with E-state index in [1.54, 1.807) is 0 Å². The van der Waals surface area contributed by atoms with Crippen LogP contribution in [0.25, 0.3) is 0 Å².